The number of benzene rings is 2. The van der Waals surface area contributed by atoms with Crippen LogP contribution < -0.4 is 0 Å². The molecule has 0 amide bonds. The van der Waals surface area contributed by atoms with E-state index < -0.39 is 0 Å². The Balaban J connectivity index is 1.66. The van der Waals surface area contributed by atoms with Crippen molar-refractivity contribution >= 4 is 10.9 Å². The first-order chi connectivity index (χ1) is 10.4. The summed E-state index contributed by atoms with van der Waals surface area (Å²) in [6.45, 7) is 2.27. The Morgan fingerprint density at radius 1 is 0.952 bits per heavy atom. The van der Waals surface area contributed by atoms with Gasteiger partial charge in [-0.05, 0) is 35.6 Å². The van der Waals surface area contributed by atoms with Gasteiger partial charge in [-0.2, -0.15) is 0 Å². The van der Waals surface area contributed by atoms with Crippen LogP contribution in [-0.4, -0.2) is 16.4 Å². The lowest BCUT2D eigenvalue weighted by Gasteiger charge is -2.40. The molecule has 5 rings (SSSR count). The highest BCUT2D eigenvalue weighted by Crippen LogP contribution is 2.40. The van der Waals surface area contributed by atoms with Gasteiger partial charge in [0, 0.05) is 29.7 Å². The van der Waals surface area contributed by atoms with Crippen molar-refractivity contribution in [2.24, 2.45) is 0 Å². The van der Waals surface area contributed by atoms with Gasteiger partial charge in [-0.25, -0.2) is 0 Å². The van der Waals surface area contributed by atoms with Gasteiger partial charge in [-0.3, -0.25) is 4.90 Å². The number of aromatic nitrogens is 1. The largest absolute Gasteiger partial charge is 0.357 e. The third kappa shape index (κ3) is 1.63. The summed E-state index contributed by atoms with van der Waals surface area (Å²) in [6.07, 6.45) is 2.30. The molecular formula is C19H18N2. The summed E-state index contributed by atoms with van der Waals surface area (Å²) >= 11 is 0. The van der Waals surface area contributed by atoms with Gasteiger partial charge in [0.05, 0.1) is 6.04 Å². The Kier molecular flexibility index (Phi) is 2.33. The maximum atomic E-state index is 3.70. The standard InChI is InChI=1S/C19H18N2/c1-2-6-14-12-21-10-9-16-15-7-3-4-8-17(15)20-19(16)18(21)11-13(14)5-1/h1-8,18,20H,9-12H2. The molecule has 0 bridgehead atoms. The second-order valence-corrected chi connectivity index (χ2v) is 6.27. The van der Waals surface area contributed by atoms with Crippen molar-refractivity contribution in [1.29, 1.82) is 0 Å². The minimum absolute atomic E-state index is 0.524. The fourth-order valence-corrected chi connectivity index (χ4v) is 4.13. The van der Waals surface area contributed by atoms with E-state index in [1.54, 1.807) is 5.56 Å². The van der Waals surface area contributed by atoms with Crippen molar-refractivity contribution in [2.75, 3.05) is 6.54 Å². The molecule has 2 aromatic carbocycles. The Morgan fingerprint density at radius 2 is 1.76 bits per heavy atom. The Morgan fingerprint density at radius 3 is 2.71 bits per heavy atom. The molecule has 104 valence electrons. The topological polar surface area (TPSA) is 19.0 Å². The molecule has 2 aliphatic heterocycles. The molecule has 0 fully saturated rings. The van der Waals surface area contributed by atoms with Crippen LogP contribution in [0.3, 0.4) is 0 Å². The van der Waals surface area contributed by atoms with E-state index >= 15 is 0 Å². The van der Waals surface area contributed by atoms with Crippen LogP contribution in [0.1, 0.15) is 28.4 Å². The fourth-order valence-electron chi connectivity index (χ4n) is 4.13. The predicted octanol–water partition coefficient (Wildman–Crippen LogP) is 3.82. The number of H-pyrrole nitrogens is 1. The first kappa shape index (κ1) is 11.6. The van der Waals surface area contributed by atoms with Crippen molar-refractivity contribution in [3.05, 3.63) is 70.9 Å². The van der Waals surface area contributed by atoms with Crippen LogP contribution >= 0.6 is 0 Å². The third-order valence-corrected chi connectivity index (χ3v) is 5.17. The maximum absolute atomic E-state index is 3.70. The molecule has 0 saturated heterocycles. The van der Waals surface area contributed by atoms with Crippen LogP contribution in [0.15, 0.2) is 48.5 Å². The zero-order valence-electron chi connectivity index (χ0n) is 12.0. The van der Waals surface area contributed by atoms with E-state index in [-0.39, 0.29) is 0 Å². The number of para-hydroxylation sites is 1. The Hall–Kier alpha value is -2.06. The smallest absolute Gasteiger partial charge is 0.0545 e. The van der Waals surface area contributed by atoms with Crippen molar-refractivity contribution in [3.8, 4) is 0 Å². The highest BCUT2D eigenvalue weighted by Gasteiger charge is 2.33. The number of fused-ring (bicyclic) bond motifs is 6. The summed E-state index contributed by atoms with van der Waals surface area (Å²) in [7, 11) is 0. The highest BCUT2D eigenvalue weighted by atomic mass is 15.2. The first-order valence-corrected chi connectivity index (χ1v) is 7.80. The van der Waals surface area contributed by atoms with Gasteiger partial charge in [-0.1, -0.05) is 42.5 Å². The van der Waals surface area contributed by atoms with E-state index in [0.29, 0.717) is 6.04 Å². The average Bonchev–Trinajstić information content (AvgIpc) is 2.92. The Bertz CT molecular complexity index is 830. The van der Waals surface area contributed by atoms with Gasteiger partial charge in [0.2, 0.25) is 0 Å². The van der Waals surface area contributed by atoms with Crippen LogP contribution in [0.2, 0.25) is 0 Å². The van der Waals surface area contributed by atoms with Crippen LogP contribution in [0.5, 0.6) is 0 Å². The van der Waals surface area contributed by atoms with Crippen LogP contribution in [-0.2, 0) is 19.4 Å². The van der Waals surface area contributed by atoms with Gasteiger partial charge in [-0.15, -0.1) is 0 Å². The van der Waals surface area contributed by atoms with Crippen LogP contribution in [0, 0.1) is 0 Å². The monoisotopic (exact) mass is 274 g/mol. The van der Waals surface area contributed by atoms with Gasteiger partial charge < -0.3 is 4.98 Å². The molecule has 0 radical (unpaired) electrons. The zero-order chi connectivity index (χ0) is 13.8. The molecule has 1 unspecified atom stereocenters. The van der Waals surface area contributed by atoms with Crippen molar-refractivity contribution in [2.45, 2.75) is 25.4 Å². The minimum Gasteiger partial charge on any atom is -0.357 e. The highest BCUT2D eigenvalue weighted by molar-refractivity contribution is 5.85. The molecule has 3 heterocycles. The summed E-state index contributed by atoms with van der Waals surface area (Å²) in [5.41, 5.74) is 7.32. The molecule has 2 aliphatic rings. The molecule has 3 aromatic rings. The molecular weight excluding hydrogens is 256 g/mol. The third-order valence-electron chi connectivity index (χ3n) is 5.17. The molecule has 0 aliphatic carbocycles. The fraction of sp³-hybridized carbons (Fsp3) is 0.263. The molecule has 1 aromatic heterocycles. The molecule has 2 nitrogen and oxygen atoms in total. The van der Waals surface area contributed by atoms with E-state index in [4.69, 9.17) is 0 Å². The first-order valence-electron chi connectivity index (χ1n) is 7.80. The van der Waals surface area contributed by atoms with Gasteiger partial charge in [0.25, 0.3) is 0 Å². The number of hydrogen-bond donors (Lipinski definition) is 1. The SMILES string of the molecule is c1ccc2c(c1)CC1c3[nH]c4ccccc4c3CCN1C2. The van der Waals surface area contributed by atoms with E-state index in [2.05, 4.69) is 58.4 Å². The molecule has 2 heteroatoms. The second-order valence-electron chi connectivity index (χ2n) is 6.27. The van der Waals surface area contributed by atoms with Crippen LogP contribution in [0.4, 0.5) is 0 Å². The number of hydrogen-bond acceptors (Lipinski definition) is 1. The summed E-state index contributed by atoms with van der Waals surface area (Å²) in [5.74, 6) is 0. The van der Waals surface area contributed by atoms with E-state index in [1.807, 2.05) is 0 Å². The van der Waals surface area contributed by atoms with E-state index in [1.165, 1.54) is 34.3 Å². The normalized spacial score (nSPS) is 20.9. The summed E-state index contributed by atoms with van der Waals surface area (Å²) in [4.78, 5) is 6.34. The second kappa shape index (κ2) is 4.22. The number of rotatable bonds is 0. The minimum atomic E-state index is 0.524. The average molecular weight is 274 g/mol. The lowest BCUT2D eigenvalue weighted by molar-refractivity contribution is 0.158. The molecule has 1 atom stereocenters. The Labute approximate surface area is 124 Å². The molecule has 0 spiro atoms. The summed E-state index contributed by atoms with van der Waals surface area (Å²) in [5, 5.41) is 1.42. The number of nitrogens with one attached hydrogen (secondary N) is 1. The van der Waals surface area contributed by atoms with Crippen molar-refractivity contribution in [1.82, 2.24) is 9.88 Å². The van der Waals surface area contributed by atoms with Crippen LogP contribution in [0.25, 0.3) is 10.9 Å². The molecule has 0 saturated carbocycles. The van der Waals surface area contributed by atoms with Gasteiger partial charge in [0.1, 0.15) is 0 Å². The lowest BCUT2D eigenvalue weighted by atomic mass is 9.87. The molecule has 1 N–H and O–H groups in total. The molecule has 21 heavy (non-hydrogen) atoms. The number of aromatic amines is 1. The van der Waals surface area contributed by atoms with E-state index in [0.717, 1.165) is 19.4 Å². The maximum Gasteiger partial charge on any atom is 0.0545 e. The van der Waals surface area contributed by atoms with Gasteiger partial charge in [0.15, 0.2) is 0 Å². The van der Waals surface area contributed by atoms with E-state index in [9.17, 15) is 0 Å². The summed E-state index contributed by atoms with van der Waals surface area (Å²) < 4.78 is 0. The lowest BCUT2D eigenvalue weighted by Crippen LogP contribution is -2.39. The predicted molar refractivity (Wildman–Crippen MR) is 85.3 cm³/mol. The quantitative estimate of drug-likeness (QED) is 0.660. The van der Waals surface area contributed by atoms with Crippen molar-refractivity contribution < 1.29 is 0 Å². The van der Waals surface area contributed by atoms with Gasteiger partial charge >= 0.3 is 0 Å². The van der Waals surface area contributed by atoms with Crippen molar-refractivity contribution in [3.63, 3.8) is 0 Å². The number of nitrogens with zero attached hydrogens (tertiary/aromatic N) is 1. The zero-order valence-corrected chi connectivity index (χ0v) is 12.0. The summed E-state index contributed by atoms with van der Waals surface area (Å²) in [6, 6.07) is 18.2.